The minimum absolute atomic E-state index is 0.000404. The summed E-state index contributed by atoms with van der Waals surface area (Å²) in [4.78, 5) is 37.2. The predicted molar refractivity (Wildman–Crippen MR) is 94.9 cm³/mol. The molecule has 2 saturated heterocycles. The molecule has 0 spiro atoms. The van der Waals surface area contributed by atoms with Gasteiger partial charge in [-0.3, -0.25) is 9.59 Å². The van der Waals surface area contributed by atoms with Crippen molar-refractivity contribution in [3.63, 3.8) is 0 Å². The van der Waals surface area contributed by atoms with E-state index in [0.29, 0.717) is 31.4 Å². The first kappa shape index (κ1) is 17.6. The number of carbonyl (C=O) groups excluding carboxylic acids is 2. The van der Waals surface area contributed by atoms with Crippen molar-refractivity contribution in [3.05, 3.63) is 18.5 Å². The van der Waals surface area contributed by atoms with Crippen LogP contribution in [-0.2, 0) is 9.59 Å². The number of amides is 2. The van der Waals surface area contributed by atoms with Gasteiger partial charge in [-0.1, -0.05) is 13.8 Å². The van der Waals surface area contributed by atoms with Crippen LogP contribution in [0, 0.1) is 11.8 Å². The average Bonchev–Trinajstić information content (AvgIpc) is 2.96. The van der Waals surface area contributed by atoms with E-state index in [4.69, 9.17) is 0 Å². The van der Waals surface area contributed by atoms with Crippen LogP contribution in [0.25, 0.3) is 0 Å². The molecule has 2 fully saturated rings. The van der Waals surface area contributed by atoms with Gasteiger partial charge < -0.3 is 15.1 Å². The van der Waals surface area contributed by atoms with Gasteiger partial charge in [0.1, 0.15) is 0 Å². The number of hydrogen-bond donors (Lipinski definition) is 1. The van der Waals surface area contributed by atoms with Crippen molar-refractivity contribution in [2.24, 2.45) is 11.8 Å². The van der Waals surface area contributed by atoms with E-state index in [2.05, 4.69) is 34.0 Å². The molecule has 0 unspecified atom stereocenters. The van der Waals surface area contributed by atoms with Gasteiger partial charge in [-0.25, -0.2) is 9.97 Å². The molecule has 1 N–H and O–H groups in total. The van der Waals surface area contributed by atoms with Gasteiger partial charge in [0.2, 0.25) is 17.8 Å². The van der Waals surface area contributed by atoms with Crippen molar-refractivity contribution in [2.75, 3.05) is 31.1 Å². The second kappa shape index (κ2) is 7.80. The zero-order valence-electron chi connectivity index (χ0n) is 15.0. The third-order valence-corrected chi connectivity index (χ3v) is 4.77. The average molecular weight is 345 g/mol. The van der Waals surface area contributed by atoms with Crippen LogP contribution in [0.3, 0.4) is 0 Å². The summed E-state index contributed by atoms with van der Waals surface area (Å²) < 4.78 is 0. The van der Waals surface area contributed by atoms with Crippen LogP contribution in [-0.4, -0.2) is 58.9 Å². The highest BCUT2D eigenvalue weighted by molar-refractivity contribution is 5.89. The van der Waals surface area contributed by atoms with Crippen molar-refractivity contribution >= 4 is 17.8 Å². The van der Waals surface area contributed by atoms with E-state index in [1.54, 1.807) is 18.5 Å². The summed E-state index contributed by atoms with van der Waals surface area (Å²) in [6.07, 6.45) is 5.74. The first-order valence-electron chi connectivity index (χ1n) is 9.13. The summed E-state index contributed by atoms with van der Waals surface area (Å²) in [6, 6.07) is 1.88. The van der Waals surface area contributed by atoms with Gasteiger partial charge in [0.15, 0.2) is 0 Å². The quantitative estimate of drug-likeness (QED) is 0.863. The van der Waals surface area contributed by atoms with Gasteiger partial charge in [-0.05, 0) is 24.8 Å². The monoisotopic (exact) mass is 345 g/mol. The molecule has 2 aliphatic rings. The van der Waals surface area contributed by atoms with Gasteiger partial charge >= 0.3 is 0 Å². The van der Waals surface area contributed by atoms with Gasteiger partial charge in [0.05, 0.1) is 5.92 Å². The second-order valence-electron chi connectivity index (χ2n) is 7.44. The molecule has 2 amide bonds. The Morgan fingerprint density at radius 3 is 2.80 bits per heavy atom. The highest BCUT2D eigenvalue weighted by atomic mass is 16.2. The largest absolute Gasteiger partial charge is 0.351 e. The summed E-state index contributed by atoms with van der Waals surface area (Å²) in [6.45, 7) is 7.06. The van der Waals surface area contributed by atoms with E-state index < -0.39 is 0 Å². The maximum atomic E-state index is 12.6. The lowest BCUT2D eigenvalue weighted by atomic mass is 10.0. The molecule has 2 atom stereocenters. The molecule has 0 bridgehead atoms. The number of nitrogens with one attached hydrogen (secondary N) is 1. The molecule has 0 aromatic carbocycles. The lowest BCUT2D eigenvalue weighted by Crippen LogP contribution is -2.50. The Hall–Kier alpha value is -2.18. The summed E-state index contributed by atoms with van der Waals surface area (Å²) in [5.74, 6) is 0.996. The van der Waals surface area contributed by atoms with Crippen molar-refractivity contribution < 1.29 is 9.59 Å². The van der Waals surface area contributed by atoms with Crippen molar-refractivity contribution in [1.82, 2.24) is 20.2 Å². The third kappa shape index (κ3) is 4.46. The highest BCUT2D eigenvalue weighted by Crippen LogP contribution is 2.21. The summed E-state index contributed by atoms with van der Waals surface area (Å²) >= 11 is 0. The molecule has 0 saturated carbocycles. The summed E-state index contributed by atoms with van der Waals surface area (Å²) in [5, 5.41) is 3.14. The second-order valence-corrected chi connectivity index (χ2v) is 7.44. The number of carbonyl (C=O) groups is 2. The molecule has 0 aliphatic carbocycles. The molecule has 1 aromatic heterocycles. The Balaban J connectivity index is 1.53. The maximum absolute atomic E-state index is 12.6. The van der Waals surface area contributed by atoms with Crippen LogP contribution in [0.2, 0.25) is 0 Å². The Bertz CT molecular complexity index is 607. The van der Waals surface area contributed by atoms with Crippen LogP contribution in [0.5, 0.6) is 0 Å². The van der Waals surface area contributed by atoms with E-state index in [1.165, 1.54) is 0 Å². The number of anilines is 1. The van der Waals surface area contributed by atoms with Crippen LogP contribution in [0.1, 0.15) is 33.1 Å². The number of aromatic nitrogens is 2. The molecule has 1 aromatic rings. The van der Waals surface area contributed by atoms with Gasteiger partial charge in [-0.15, -0.1) is 0 Å². The van der Waals surface area contributed by atoms with E-state index in [-0.39, 0.29) is 23.8 Å². The van der Waals surface area contributed by atoms with E-state index in [9.17, 15) is 9.59 Å². The molecule has 3 heterocycles. The third-order valence-electron chi connectivity index (χ3n) is 4.77. The molecule has 136 valence electrons. The number of nitrogens with zero attached hydrogens (tertiary/aromatic N) is 4. The number of piperidine rings is 1. The Labute approximate surface area is 148 Å². The lowest BCUT2D eigenvalue weighted by molar-refractivity contribution is -0.129. The normalized spacial score (nSPS) is 24.0. The number of rotatable bonds is 5. The lowest BCUT2D eigenvalue weighted by Gasteiger charge is -2.33. The number of hydrogen-bond acceptors (Lipinski definition) is 5. The summed E-state index contributed by atoms with van der Waals surface area (Å²) in [7, 11) is 0. The van der Waals surface area contributed by atoms with Gasteiger partial charge in [0, 0.05) is 51.0 Å². The van der Waals surface area contributed by atoms with Gasteiger partial charge in [-0.2, -0.15) is 0 Å². The van der Waals surface area contributed by atoms with Crippen molar-refractivity contribution in [3.8, 4) is 0 Å². The minimum atomic E-state index is -0.227. The highest BCUT2D eigenvalue weighted by Gasteiger charge is 2.35. The SMILES string of the molecule is CC(C)CN1C[C@@H](C(=O)N[C@@H]2CCCN(c3ncccn3)C2)CC1=O. The molecule has 7 heteroatoms. The predicted octanol–water partition coefficient (Wildman–Crippen LogP) is 1.07. The Morgan fingerprint density at radius 1 is 1.32 bits per heavy atom. The van der Waals surface area contributed by atoms with Crippen LogP contribution in [0.15, 0.2) is 18.5 Å². The van der Waals surface area contributed by atoms with E-state index >= 15 is 0 Å². The molecule has 7 nitrogen and oxygen atoms in total. The molecular formula is C18H27N5O2. The fraction of sp³-hybridized carbons (Fsp3) is 0.667. The Morgan fingerprint density at radius 2 is 2.08 bits per heavy atom. The zero-order valence-corrected chi connectivity index (χ0v) is 15.0. The first-order chi connectivity index (χ1) is 12.0. The van der Waals surface area contributed by atoms with Crippen LogP contribution < -0.4 is 10.2 Å². The molecule has 25 heavy (non-hydrogen) atoms. The zero-order chi connectivity index (χ0) is 17.8. The summed E-state index contributed by atoms with van der Waals surface area (Å²) in [5.41, 5.74) is 0. The van der Waals surface area contributed by atoms with Crippen LogP contribution in [0.4, 0.5) is 5.95 Å². The maximum Gasteiger partial charge on any atom is 0.225 e. The standard InChI is InChI=1S/C18H27N5O2/c1-13(2)10-23-11-14(9-16(23)24)17(25)21-15-5-3-8-22(12-15)18-19-6-4-7-20-18/h4,6-7,13-15H,3,5,8-12H2,1-2H3,(H,21,25)/t14-,15+/m0/s1. The van der Waals surface area contributed by atoms with E-state index in [1.807, 2.05) is 4.90 Å². The van der Waals surface area contributed by atoms with Crippen LogP contribution >= 0.6 is 0 Å². The smallest absolute Gasteiger partial charge is 0.225 e. The fourth-order valence-corrected chi connectivity index (χ4v) is 3.62. The molecule has 3 rings (SSSR count). The van der Waals surface area contributed by atoms with Crippen molar-refractivity contribution in [2.45, 2.75) is 39.2 Å². The van der Waals surface area contributed by atoms with E-state index in [0.717, 1.165) is 25.9 Å². The molecule has 2 aliphatic heterocycles. The topological polar surface area (TPSA) is 78.4 Å². The van der Waals surface area contributed by atoms with Gasteiger partial charge in [0.25, 0.3) is 0 Å². The minimum Gasteiger partial charge on any atom is -0.351 e. The first-order valence-corrected chi connectivity index (χ1v) is 9.13. The van der Waals surface area contributed by atoms with Crippen molar-refractivity contribution in [1.29, 1.82) is 0 Å². The fourth-order valence-electron chi connectivity index (χ4n) is 3.62. The Kier molecular flexibility index (Phi) is 5.50. The molecular weight excluding hydrogens is 318 g/mol. The number of likely N-dealkylation sites (tertiary alicyclic amines) is 1. The molecule has 0 radical (unpaired) electrons.